The topological polar surface area (TPSA) is 79.5 Å². The van der Waals surface area contributed by atoms with Gasteiger partial charge in [-0.3, -0.25) is 4.79 Å². The van der Waals surface area contributed by atoms with Gasteiger partial charge in [-0.2, -0.15) is 0 Å². The highest BCUT2D eigenvalue weighted by molar-refractivity contribution is 5.99. The lowest BCUT2D eigenvalue weighted by Gasteiger charge is -2.16. The number of carbonyl (C=O) groups is 2. The molecule has 0 aliphatic carbocycles. The minimum atomic E-state index is -0.297. The van der Waals surface area contributed by atoms with Crippen molar-refractivity contribution in [3.05, 3.63) is 60.2 Å². The summed E-state index contributed by atoms with van der Waals surface area (Å²) in [6.45, 7) is 2.76. The number of hydrogen-bond acceptors (Lipinski definition) is 3. The molecule has 1 saturated heterocycles. The van der Waals surface area contributed by atoms with Crippen molar-refractivity contribution in [2.45, 2.75) is 44.8 Å². The molecule has 6 heteroatoms. The third kappa shape index (κ3) is 6.09. The highest BCUT2D eigenvalue weighted by Gasteiger charge is 2.17. The number of urea groups is 1. The van der Waals surface area contributed by atoms with E-state index in [9.17, 15) is 9.59 Å². The van der Waals surface area contributed by atoms with Crippen molar-refractivity contribution in [3.8, 4) is 0 Å². The Hall–Kier alpha value is -2.86. The number of nitrogens with one attached hydrogen (secondary N) is 3. The molecule has 0 radical (unpaired) electrons. The van der Waals surface area contributed by atoms with Gasteiger partial charge in [0.25, 0.3) is 0 Å². The average molecular weight is 381 g/mol. The molecule has 3 amide bonds. The van der Waals surface area contributed by atoms with E-state index in [1.165, 1.54) is 0 Å². The molecule has 1 aliphatic rings. The predicted molar refractivity (Wildman–Crippen MR) is 110 cm³/mol. The van der Waals surface area contributed by atoms with Crippen molar-refractivity contribution in [2.75, 3.05) is 17.2 Å². The zero-order valence-electron chi connectivity index (χ0n) is 16.1. The largest absolute Gasteiger partial charge is 0.378 e. The maximum atomic E-state index is 12.1. The molecule has 3 rings (SSSR count). The normalized spacial score (nSPS) is 17.0. The quantitative estimate of drug-likeness (QED) is 0.662. The summed E-state index contributed by atoms with van der Waals surface area (Å²) in [6, 6.07) is 16.3. The summed E-state index contributed by atoms with van der Waals surface area (Å²) in [5, 5.41) is 8.59. The van der Waals surface area contributed by atoms with Crippen LogP contribution in [0.3, 0.4) is 0 Å². The number of hydrogen-bond donors (Lipinski definition) is 3. The van der Waals surface area contributed by atoms with Gasteiger partial charge >= 0.3 is 6.03 Å². The first-order valence-electron chi connectivity index (χ1n) is 9.74. The molecule has 148 valence electrons. The molecule has 1 fully saturated rings. The Labute approximate surface area is 165 Å². The first-order chi connectivity index (χ1) is 13.6. The van der Waals surface area contributed by atoms with Gasteiger partial charge in [0.2, 0.25) is 5.91 Å². The van der Waals surface area contributed by atoms with Crippen LogP contribution >= 0.6 is 0 Å². The van der Waals surface area contributed by atoms with Crippen LogP contribution in [-0.4, -0.2) is 24.6 Å². The fourth-order valence-electron chi connectivity index (χ4n) is 3.23. The first kappa shape index (κ1) is 19.9. The maximum absolute atomic E-state index is 12.1. The SMILES string of the molecule is C[C@@H](NC(=O)CC[C@@H]1CCCO1)c1ccc(NC(=O)Nc2ccccc2)cc1. The smallest absolute Gasteiger partial charge is 0.323 e. The van der Waals surface area contributed by atoms with Crippen LogP contribution in [0, 0.1) is 0 Å². The second-order valence-corrected chi connectivity index (χ2v) is 7.03. The number of benzene rings is 2. The molecular formula is C22H27N3O3. The van der Waals surface area contributed by atoms with Crippen LogP contribution in [0.4, 0.5) is 16.2 Å². The van der Waals surface area contributed by atoms with Gasteiger partial charge < -0.3 is 20.7 Å². The van der Waals surface area contributed by atoms with Gasteiger partial charge in [-0.05, 0) is 56.0 Å². The van der Waals surface area contributed by atoms with E-state index in [2.05, 4.69) is 16.0 Å². The Morgan fingerprint density at radius 3 is 2.36 bits per heavy atom. The van der Waals surface area contributed by atoms with E-state index in [1.807, 2.05) is 61.5 Å². The molecule has 1 heterocycles. The van der Waals surface area contributed by atoms with Crippen molar-refractivity contribution >= 4 is 23.3 Å². The van der Waals surface area contributed by atoms with Crippen LogP contribution in [0.2, 0.25) is 0 Å². The zero-order chi connectivity index (χ0) is 19.8. The highest BCUT2D eigenvalue weighted by atomic mass is 16.5. The van der Waals surface area contributed by atoms with Gasteiger partial charge in [0, 0.05) is 24.4 Å². The molecule has 0 spiro atoms. The molecule has 2 aromatic carbocycles. The third-order valence-electron chi connectivity index (χ3n) is 4.80. The lowest BCUT2D eigenvalue weighted by atomic mass is 10.1. The van der Waals surface area contributed by atoms with Crippen LogP contribution in [0.5, 0.6) is 0 Å². The van der Waals surface area contributed by atoms with E-state index in [-0.39, 0.29) is 24.1 Å². The Bertz CT molecular complexity index is 771. The molecular weight excluding hydrogens is 354 g/mol. The fraction of sp³-hybridized carbons (Fsp3) is 0.364. The number of rotatable bonds is 7. The number of amides is 3. The summed E-state index contributed by atoms with van der Waals surface area (Å²) in [4.78, 5) is 24.2. The predicted octanol–water partition coefficient (Wildman–Crippen LogP) is 4.47. The molecule has 0 unspecified atom stereocenters. The lowest BCUT2D eigenvalue weighted by Crippen LogP contribution is -2.27. The van der Waals surface area contributed by atoms with E-state index < -0.39 is 0 Å². The number of carbonyl (C=O) groups excluding carboxylic acids is 2. The van der Waals surface area contributed by atoms with Crippen molar-refractivity contribution in [1.82, 2.24) is 5.32 Å². The third-order valence-corrected chi connectivity index (χ3v) is 4.80. The van der Waals surface area contributed by atoms with Gasteiger partial charge in [0.1, 0.15) is 0 Å². The molecule has 6 nitrogen and oxygen atoms in total. The standard InChI is InChI=1S/C22H27N3O3/c1-16(23-21(26)14-13-20-8-5-15-28-20)17-9-11-19(12-10-17)25-22(27)24-18-6-3-2-4-7-18/h2-4,6-7,9-12,16,20H,5,8,13-15H2,1H3,(H,23,26)(H2,24,25,27)/t16-,20+/m1/s1. The van der Waals surface area contributed by atoms with E-state index in [0.717, 1.165) is 37.1 Å². The molecule has 3 N–H and O–H groups in total. The Morgan fingerprint density at radius 1 is 1.04 bits per heavy atom. The van der Waals surface area contributed by atoms with Crippen molar-refractivity contribution in [2.24, 2.45) is 0 Å². The summed E-state index contributed by atoms with van der Waals surface area (Å²) in [6.07, 6.45) is 3.63. The first-order valence-corrected chi connectivity index (χ1v) is 9.74. The minimum Gasteiger partial charge on any atom is -0.378 e. The summed E-state index contributed by atoms with van der Waals surface area (Å²) in [7, 11) is 0. The van der Waals surface area contributed by atoms with Crippen LogP contribution < -0.4 is 16.0 Å². The monoisotopic (exact) mass is 381 g/mol. The van der Waals surface area contributed by atoms with Gasteiger partial charge in [-0.15, -0.1) is 0 Å². The lowest BCUT2D eigenvalue weighted by molar-refractivity contribution is -0.122. The summed E-state index contributed by atoms with van der Waals surface area (Å²) < 4.78 is 5.56. The maximum Gasteiger partial charge on any atom is 0.323 e. The molecule has 2 atom stereocenters. The Kier molecular flexibility index (Phi) is 7.03. The second-order valence-electron chi connectivity index (χ2n) is 7.03. The van der Waals surface area contributed by atoms with Gasteiger partial charge in [0.15, 0.2) is 0 Å². The minimum absolute atomic E-state index is 0.0347. The average Bonchev–Trinajstić information content (AvgIpc) is 3.21. The summed E-state index contributed by atoms with van der Waals surface area (Å²) >= 11 is 0. The number of ether oxygens (including phenoxy) is 1. The molecule has 2 aromatic rings. The zero-order valence-corrected chi connectivity index (χ0v) is 16.1. The van der Waals surface area contributed by atoms with E-state index >= 15 is 0 Å². The fourth-order valence-corrected chi connectivity index (χ4v) is 3.23. The van der Waals surface area contributed by atoms with Crippen molar-refractivity contribution in [1.29, 1.82) is 0 Å². The van der Waals surface area contributed by atoms with Crippen LogP contribution in [-0.2, 0) is 9.53 Å². The van der Waals surface area contributed by atoms with Crippen molar-refractivity contribution in [3.63, 3.8) is 0 Å². The van der Waals surface area contributed by atoms with Crippen LogP contribution in [0.15, 0.2) is 54.6 Å². The Morgan fingerprint density at radius 2 is 1.71 bits per heavy atom. The van der Waals surface area contributed by atoms with E-state index in [0.29, 0.717) is 12.1 Å². The van der Waals surface area contributed by atoms with Gasteiger partial charge in [-0.1, -0.05) is 30.3 Å². The Balaban J connectivity index is 1.44. The molecule has 28 heavy (non-hydrogen) atoms. The van der Waals surface area contributed by atoms with E-state index in [4.69, 9.17) is 4.74 Å². The van der Waals surface area contributed by atoms with Crippen molar-refractivity contribution < 1.29 is 14.3 Å². The molecule has 1 aliphatic heterocycles. The molecule has 0 aromatic heterocycles. The second kappa shape index (κ2) is 9.90. The van der Waals surface area contributed by atoms with Gasteiger partial charge in [-0.25, -0.2) is 4.79 Å². The van der Waals surface area contributed by atoms with Crippen LogP contribution in [0.1, 0.15) is 44.2 Å². The van der Waals surface area contributed by atoms with Crippen LogP contribution in [0.25, 0.3) is 0 Å². The summed E-state index contributed by atoms with van der Waals surface area (Å²) in [5.74, 6) is 0.0347. The summed E-state index contributed by atoms with van der Waals surface area (Å²) in [5.41, 5.74) is 2.41. The molecule has 0 bridgehead atoms. The van der Waals surface area contributed by atoms with E-state index in [1.54, 1.807) is 0 Å². The van der Waals surface area contributed by atoms with Gasteiger partial charge in [0.05, 0.1) is 12.1 Å². The molecule has 0 saturated carbocycles. The number of para-hydroxylation sites is 1. The highest BCUT2D eigenvalue weighted by Crippen LogP contribution is 2.19. The number of anilines is 2.